The van der Waals surface area contributed by atoms with Crippen molar-refractivity contribution >= 4 is 48.8 Å². The maximum absolute atomic E-state index is 14.5. The topological polar surface area (TPSA) is 222 Å². The summed E-state index contributed by atoms with van der Waals surface area (Å²) in [6, 6.07) is 8.76. The van der Waals surface area contributed by atoms with Gasteiger partial charge in [-0.25, -0.2) is 0 Å². The van der Waals surface area contributed by atoms with Crippen LogP contribution in [0.2, 0.25) is 0 Å². The molecule has 2 aliphatic carbocycles. The first-order valence-corrected chi connectivity index (χ1v) is 34.9. The van der Waals surface area contributed by atoms with Crippen LogP contribution in [0.15, 0.2) is 69.1 Å². The Balaban J connectivity index is 0.000000162. The van der Waals surface area contributed by atoms with E-state index in [1.165, 1.54) is 56.8 Å². The Kier molecular flexibility index (Phi) is 18.7. The molecule has 0 spiro atoms. The number of likely N-dealkylation sites (tertiary alicyclic amines) is 7. The van der Waals surface area contributed by atoms with Gasteiger partial charge in [-0.15, -0.1) is 0 Å². The first kappa shape index (κ1) is 62.5. The Morgan fingerprint density at radius 2 is 0.685 bits per heavy atom. The molecule has 15 rings (SSSR count). The molecule has 22 heteroatoms. The molecule has 11 aliphatic rings. The highest BCUT2D eigenvalue weighted by Crippen LogP contribution is 2.41. The van der Waals surface area contributed by atoms with Gasteiger partial charge in [-0.1, -0.05) is 0 Å². The van der Waals surface area contributed by atoms with Crippen LogP contribution in [0.25, 0.3) is 65.3 Å². The van der Waals surface area contributed by atoms with Gasteiger partial charge >= 0.3 is 0 Å². The molecular formula is C70H92N14O8. The highest BCUT2D eigenvalue weighted by atomic mass is 16.3. The molecule has 9 aliphatic heterocycles. The van der Waals surface area contributed by atoms with Crippen molar-refractivity contribution in [2.24, 2.45) is 9.98 Å². The first-order chi connectivity index (χ1) is 45.0. The number of hydrogen-bond donors (Lipinski definition) is 3. The number of rotatable bonds is 22. The van der Waals surface area contributed by atoms with Crippen LogP contribution in [0.4, 0.5) is 5.69 Å². The normalized spacial score (nSPS) is 20.0. The van der Waals surface area contributed by atoms with Crippen molar-refractivity contribution < 1.29 is 10.2 Å². The Bertz CT molecular complexity index is 4370. The van der Waals surface area contributed by atoms with Gasteiger partial charge < -0.3 is 49.8 Å². The summed E-state index contributed by atoms with van der Waals surface area (Å²) in [4.78, 5) is 111. The van der Waals surface area contributed by atoms with E-state index in [0.717, 1.165) is 163 Å². The van der Waals surface area contributed by atoms with E-state index < -0.39 is 0 Å². The van der Waals surface area contributed by atoms with E-state index in [0.29, 0.717) is 154 Å². The van der Waals surface area contributed by atoms with Crippen molar-refractivity contribution in [2.75, 3.05) is 162 Å². The van der Waals surface area contributed by atoms with Crippen molar-refractivity contribution in [1.29, 1.82) is 0 Å². The minimum absolute atomic E-state index is 0.116. The highest BCUT2D eigenvalue weighted by Gasteiger charge is 2.32. The van der Waals surface area contributed by atoms with Gasteiger partial charge in [-0.3, -0.25) is 57.0 Å². The fraction of sp³-hybridized carbons (Fsp3) is 0.600. The van der Waals surface area contributed by atoms with Crippen LogP contribution in [0.5, 0.6) is 11.8 Å². The molecule has 0 atom stereocenters. The SMILES string of the molecule is O=c1c2c(=NCCN3CCCC3)cc3c(=O)n(CCN4CCCC4)c(=O)c4ccc(c(O)n1CCN1CCCC1)c2c4-3.O=c1c2cc(NCCN3CCCC3)c3c4c2c(c(O)n1CCN1CCCC1)c(=NCCN1CCCC1)cc-4c(=O)n(CCN1CCCC1)c3=O. The zero-order valence-electron chi connectivity index (χ0n) is 53.7. The van der Waals surface area contributed by atoms with E-state index in [1.54, 1.807) is 24.3 Å². The third kappa shape index (κ3) is 12.3. The quantitative estimate of drug-likeness (QED) is 0.0826. The number of pyridine rings is 4. The molecule has 4 aromatic rings. The standard InChI is InChI=1S/C38H52N8O4.C32H40N6O4/c47-35-27-25-29(39-9-19-41-11-1-2-12-41)33-31-28(36(48)45(37(33)49)23-21-43-15-5-6-16-43)26-30(40-10-20-42-13-3-4-14-42)34(32(27)31)38(50)46(35)24-22-44-17-7-8-18-44;39-29-22-7-8-23-27-26(22)24(31(41)37(29)19-17-35-12-3-4-13-35)21-25(33-9-16-34-10-1-2-11-34)28(27)32(42)38(30(23)40)20-18-36-14-5-6-15-36/h25-26,39,50H,1-24H2;7-8,21,40H,1-6,9-20H2. The average molecular weight is 1260 g/mol. The Labute approximate surface area is 534 Å². The summed E-state index contributed by atoms with van der Waals surface area (Å²) in [5.74, 6) is -0.250. The zero-order chi connectivity index (χ0) is 63.0. The lowest BCUT2D eigenvalue weighted by Gasteiger charge is -2.24. The van der Waals surface area contributed by atoms with Crippen molar-refractivity contribution in [3.8, 4) is 34.0 Å². The Morgan fingerprint density at radius 3 is 1.16 bits per heavy atom. The third-order valence-corrected chi connectivity index (χ3v) is 21.5. The molecule has 490 valence electrons. The number of benzene rings is 4. The van der Waals surface area contributed by atoms with Gasteiger partial charge in [0.1, 0.15) is 0 Å². The molecule has 0 unspecified atom stereocenters. The summed E-state index contributed by atoms with van der Waals surface area (Å²) in [6.45, 7) is 22.2. The molecule has 2 aromatic carbocycles. The third-order valence-electron chi connectivity index (χ3n) is 21.5. The molecular weight excluding hydrogens is 1160 g/mol. The fourth-order valence-electron chi connectivity index (χ4n) is 16.4. The molecule has 11 heterocycles. The van der Waals surface area contributed by atoms with Crippen LogP contribution in [0, 0.1) is 0 Å². The first-order valence-electron chi connectivity index (χ1n) is 34.9. The predicted octanol–water partition coefficient (Wildman–Crippen LogP) is 3.61. The van der Waals surface area contributed by atoms with E-state index in [-0.39, 0.29) is 45.1 Å². The van der Waals surface area contributed by atoms with Crippen molar-refractivity contribution in [2.45, 2.75) is 116 Å². The van der Waals surface area contributed by atoms with E-state index in [9.17, 15) is 39.0 Å². The molecule has 3 N–H and O–H groups in total. The molecule has 0 radical (unpaired) electrons. The number of nitrogens with one attached hydrogen (secondary N) is 1. The maximum Gasteiger partial charge on any atom is 0.263 e. The molecule has 0 bridgehead atoms. The van der Waals surface area contributed by atoms with Gasteiger partial charge in [-0.05, 0) is 212 Å². The largest absolute Gasteiger partial charge is 0.494 e. The number of nitrogens with zero attached hydrogens (tertiary/aromatic N) is 13. The second-order valence-electron chi connectivity index (χ2n) is 27.3. The summed E-state index contributed by atoms with van der Waals surface area (Å²) in [6.07, 6.45) is 16.2. The molecule has 0 saturated carbocycles. The second-order valence-corrected chi connectivity index (χ2v) is 27.3. The monoisotopic (exact) mass is 1260 g/mol. The minimum Gasteiger partial charge on any atom is -0.494 e. The van der Waals surface area contributed by atoms with E-state index in [2.05, 4.69) is 39.6 Å². The second kappa shape index (κ2) is 27.6. The van der Waals surface area contributed by atoms with Crippen LogP contribution >= 0.6 is 0 Å². The zero-order valence-corrected chi connectivity index (χ0v) is 53.7. The summed E-state index contributed by atoms with van der Waals surface area (Å²) >= 11 is 0. The number of hydrogen-bond acceptors (Lipinski definition) is 18. The molecule has 7 fully saturated rings. The summed E-state index contributed by atoms with van der Waals surface area (Å²) in [7, 11) is 0. The molecule has 0 amide bonds. The number of aromatic hydroxyl groups is 2. The Morgan fingerprint density at radius 1 is 0.326 bits per heavy atom. The lowest BCUT2D eigenvalue weighted by atomic mass is 9.89. The Hall–Kier alpha value is -6.92. The molecule has 2 aromatic heterocycles. The van der Waals surface area contributed by atoms with E-state index in [4.69, 9.17) is 9.98 Å². The van der Waals surface area contributed by atoms with Crippen LogP contribution in [-0.4, -0.2) is 220 Å². The fourth-order valence-corrected chi connectivity index (χ4v) is 16.4. The van der Waals surface area contributed by atoms with Gasteiger partial charge in [0.15, 0.2) is 0 Å². The summed E-state index contributed by atoms with van der Waals surface area (Å²) < 4.78 is 5.68. The highest BCUT2D eigenvalue weighted by molar-refractivity contribution is 6.19. The molecule has 92 heavy (non-hydrogen) atoms. The maximum atomic E-state index is 14.5. The van der Waals surface area contributed by atoms with Crippen LogP contribution < -0.4 is 49.4 Å². The molecule has 22 nitrogen and oxygen atoms in total. The summed E-state index contributed by atoms with van der Waals surface area (Å²) in [5, 5.41) is 31.4. The van der Waals surface area contributed by atoms with Gasteiger partial charge in [-0.2, -0.15) is 0 Å². The lowest BCUT2D eigenvalue weighted by Crippen LogP contribution is -2.40. The van der Waals surface area contributed by atoms with Crippen LogP contribution in [0.1, 0.15) is 89.9 Å². The van der Waals surface area contributed by atoms with Gasteiger partial charge in [0.2, 0.25) is 11.8 Å². The average Bonchev–Trinajstić information content (AvgIpc) is 0.997. The molecule has 7 saturated heterocycles. The van der Waals surface area contributed by atoms with Crippen molar-refractivity contribution in [3.63, 3.8) is 0 Å². The van der Waals surface area contributed by atoms with Crippen LogP contribution in [-0.2, 0) is 26.2 Å². The number of aromatic nitrogens is 4. The predicted molar refractivity (Wildman–Crippen MR) is 363 cm³/mol. The van der Waals surface area contributed by atoms with Crippen LogP contribution in [0.3, 0.4) is 0 Å². The minimum atomic E-state index is -0.354. The van der Waals surface area contributed by atoms with E-state index in [1.807, 2.05) is 6.07 Å². The number of anilines is 1. The van der Waals surface area contributed by atoms with Gasteiger partial charge in [0.25, 0.3) is 33.4 Å². The van der Waals surface area contributed by atoms with Crippen molar-refractivity contribution in [3.05, 3.63) is 103 Å². The van der Waals surface area contributed by atoms with Crippen molar-refractivity contribution in [1.82, 2.24) is 52.6 Å². The lowest BCUT2D eigenvalue weighted by molar-refractivity contribution is 0.308. The van der Waals surface area contributed by atoms with E-state index >= 15 is 0 Å². The van der Waals surface area contributed by atoms with Gasteiger partial charge in [0, 0.05) is 117 Å². The smallest absolute Gasteiger partial charge is 0.263 e. The van der Waals surface area contributed by atoms with Gasteiger partial charge in [0.05, 0.1) is 56.5 Å². The summed E-state index contributed by atoms with van der Waals surface area (Å²) in [5.41, 5.74) is 0.264.